The molecule has 1 heterocycles. The second-order valence-electron chi connectivity index (χ2n) is 4.73. The average Bonchev–Trinajstić information content (AvgIpc) is 2.89. The number of esters is 1. The van der Waals surface area contributed by atoms with Crippen molar-refractivity contribution in [1.29, 1.82) is 0 Å². The number of carboxylic acid groups (broad SMARTS) is 1. The van der Waals surface area contributed by atoms with Gasteiger partial charge in [0.15, 0.2) is 5.70 Å². The molecule has 2 aromatic carbocycles. The number of ether oxygens (including phenoxy) is 1. The molecule has 0 spiro atoms. The van der Waals surface area contributed by atoms with E-state index >= 15 is 0 Å². The van der Waals surface area contributed by atoms with E-state index in [1.807, 2.05) is 0 Å². The van der Waals surface area contributed by atoms with Gasteiger partial charge in [-0.1, -0.05) is 36.4 Å². The zero-order valence-corrected chi connectivity index (χ0v) is 11.7. The standard InChI is InChI=1S/C17H10FNO4/c18-13-4-2-1-3-12(13)15-19-14(17(22)23-15)9-10-5-7-11(8-6-10)16(20)21/h1-9H,(H,20,21)/p-1/b14-9+. The molecule has 0 unspecified atom stereocenters. The zero-order chi connectivity index (χ0) is 16.4. The molecule has 0 aliphatic carbocycles. The Kier molecular flexibility index (Phi) is 3.72. The molecular formula is C17H9FNO4-. The molecule has 0 radical (unpaired) electrons. The Morgan fingerprint density at radius 1 is 1.13 bits per heavy atom. The summed E-state index contributed by atoms with van der Waals surface area (Å²) in [5.74, 6) is -2.64. The maximum absolute atomic E-state index is 13.7. The van der Waals surface area contributed by atoms with Gasteiger partial charge in [-0.3, -0.25) is 0 Å². The Bertz CT molecular complexity index is 853. The van der Waals surface area contributed by atoms with Gasteiger partial charge in [0, 0.05) is 0 Å². The quantitative estimate of drug-likeness (QED) is 0.636. The van der Waals surface area contributed by atoms with Crippen molar-refractivity contribution >= 4 is 23.9 Å². The Balaban J connectivity index is 1.92. The molecular weight excluding hydrogens is 301 g/mol. The molecule has 0 amide bonds. The summed E-state index contributed by atoms with van der Waals surface area (Å²) in [7, 11) is 0. The van der Waals surface area contributed by atoms with E-state index in [4.69, 9.17) is 4.74 Å². The molecule has 0 N–H and O–H groups in total. The predicted molar refractivity (Wildman–Crippen MR) is 77.8 cm³/mol. The molecule has 0 atom stereocenters. The predicted octanol–water partition coefficient (Wildman–Crippen LogP) is 1.53. The largest absolute Gasteiger partial charge is 0.545 e. The third-order valence-corrected chi connectivity index (χ3v) is 3.17. The highest BCUT2D eigenvalue weighted by molar-refractivity contribution is 6.12. The number of carboxylic acids is 1. The van der Waals surface area contributed by atoms with Crippen molar-refractivity contribution in [3.05, 3.63) is 76.7 Å². The van der Waals surface area contributed by atoms with Crippen molar-refractivity contribution in [1.82, 2.24) is 0 Å². The van der Waals surface area contributed by atoms with Crippen molar-refractivity contribution in [2.24, 2.45) is 4.99 Å². The summed E-state index contributed by atoms with van der Waals surface area (Å²) in [6, 6.07) is 11.5. The Morgan fingerprint density at radius 2 is 1.83 bits per heavy atom. The molecule has 1 aliphatic rings. The monoisotopic (exact) mass is 310 g/mol. The molecule has 0 saturated carbocycles. The first-order valence-corrected chi connectivity index (χ1v) is 6.63. The van der Waals surface area contributed by atoms with Crippen LogP contribution in [0.25, 0.3) is 6.08 Å². The highest BCUT2D eigenvalue weighted by Crippen LogP contribution is 2.20. The van der Waals surface area contributed by atoms with Crippen LogP contribution in [0.5, 0.6) is 0 Å². The van der Waals surface area contributed by atoms with Crippen LogP contribution in [-0.2, 0) is 9.53 Å². The third-order valence-electron chi connectivity index (χ3n) is 3.17. The Morgan fingerprint density at radius 3 is 2.48 bits per heavy atom. The molecule has 23 heavy (non-hydrogen) atoms. The van der Waals surface area contributed by atoms with E-state index in [0.717, 1.165) is 0 Å². The van der Waals surface area contributed by atoms with Crippen molar-refractivity contribution in [3.8, 4) is 0 Å². The number of hydrogen-bond acceptors (Lipinski definition) is 5. The number of cyclic esters (lactones) is 1. The van der Waals surface area contributed by atoms with Gasteiger partial charge < -0.3 is 14.6 Å². The number of hydrogen-bond donors (Lipinski definition) is 0. The summed E-state index contributed by atoms with van der Waals surface area (Å²) in [6.45, 7) is 0. The van der Waals surface area contributed by atoms with E-state index in [1.54, 1.807) is 6.07 Å². The van der Waals surface area contributed by atoms with E-state index in [9.17, 15) is 19.1 Å². The summed E-state index contributed by atoms with van der Waals surface area (Å²) in [4.78, 5) is 26.5. The number of halogens is 1. The molecule has 0 aromatic heterocycles. The molecule has 114 valence electrons. The summed E-state index contributed by atoms with van der Waals surface area (Å²) in [5, 5.41) is 10.7. The number of benzene rings is 2. The number of rotatable bonds is 3. The third kappa shape index (κ3) is 3.01. The number of aliphatic imine (C=N–C) groups is 1. The average molecular weight is 310 g/mol. The number of carbonyl (C=O) groups is 2. The first-order chi connectivity index (χ1) is 11.0. The van der Waals surface area contributed by atoms with Gasteiger partial charge in [-0.2, -0.15) is 0 Å². The molecule has 5 nitrogen and oxygen atoms in total. The lowest BCUT2D eigenvalue weighted by Gasteiger charge is -2.01. The van der Waals surface area contributed by atoms with E-state index < -0.39 is 17.8 Å². The minimum absolute atomic E-state index is 0.00412. The molecule has 0 saturated heterocycles. The second-order valence-corrected chi connectivity index (χ2v) is 4.73. The molecule has 6 heteroatoms. The first kappa shape index (κ1) is 14.6. The number of carbonyl (C=O) groups excluding carboxylic acids is 2. The SMILES string of the molecule is O=C1OC(c2ccccc2F)=N/C1=C/c1ccc(C(=O)[O-])cc1. The van der Waals surface area contributed by atoms with Crippen LogP contribution in [0.4, 0.5) is 4.39 Å². The second kappa shape index (κ2) is 5.84. The topological polar surface area (TPSA) is 78.8 Å². The van der Waals surface area contributed by atoms with Crippen LogP contribution in [0.3, 0.4) is 0 Å². The van der Waals surface area contributed by atoms with E-state index in [1.165, 1.54) is 48.5 Å². The lowest BCUT2D eigenvalue weighted by atomic mass is 10.1. The highest BCUT2D eigenvalue weighted by atomic mass is 19.1. The number of nitrogens with zero attached hydrogens (tertiary/aromatic N) is 1. The summed E-state index contributed by atoms with van der Waals surface area (Å²) in [6.07, 6.45) is 1.43. The van der Waals surface area contributed by atoms with Gasteiger partial charge in [-0.25, -0.2) is 14.2 Å². The van der Waals surface area contributed by atoms with Crippen LogP contribution in [0, 0.1) is 5.82 Å². The summed E-state index contributed by atoms with van der Waals surface area (Å²) < 4.78 is 18.7. The molecule has 0 fully saturated rings. The van der Waals surface area contributed by atoms with Gasteiger partial charge in [0.2, 0.25) is 5.90 Å². The molecule has 1 aliphatic heterocycles. The molecule has 2 aromatic rings. The Labute approximate surface area is 130 Å². The van der Waals surface area contributed by atoms with Crippen LogP contribution >= 0.6 is 0 Å². The van der Waals surface area contributed by atoms with Crippen LogP contribution in [0.2, 0.25) is 0 Å². The smallest absolute Gasteiger partial charge is 0.363 e. The minimum atomic E-state index is -1.29. The van der Waals surface area contributed by atoms with Gasteiger partial charge in [0.1, 0.15) is 5.82 Å². The lowest BCUT2D eigenvalue weighted by molar-refractivity contribution is -0.255. The van der Waals surface area contributed by atoms with Crippen molar-refractivity contribution in [3.63, 3.8) is 0 Å². The van der Waals surface area contributed by atoms with E-state index in [0.29, 0.717) is 5.56 Å². The van der Waals surface area contributed by atoms with Crippen LogP contribution in [0.15, 0.2) is 59.2 Å². The van der Waals surface area contributed by atoms with Gasteiger partial charge in [0.05, 0.1) is 11.5 Å². The van der Waals surface area contributed by atoms with Gasteiger partial charge in [-0.15, -0.1) is 0 Å². The van der Waals surface area contributed by atoms with Crippen LogP contribution in [0.1, 0.15) is 21.5 Å². The molecule has 3 rings (SSSR count). The highest BCUT2D eigenvalue weighted by Gasteiger charge is 2.25. The Hall–Kier alpha value is -3.28. The van der Waals surface area contributed by atoms with Crippen LogP contribution < -0.4 is 5.11 Å². The number of aromatic carboxylic acids is 1. The van der Waals surface area contributed by atoms with Gasteiger partial charge in [0.25, 0.3) is 0 Å². The summed E-state index contributed by atoms with van der Waals surface area (Å²) >= 11 is 0. The fourth-order valence-electron chi connectivity index (χ4n) is 2.03. The van der Waals surface area contributed by atoms with Gasteiger partial charge >= 0.3 is 5.97 Å². The van der Waals surface area contributed by atoms with E-state index in [2.05, 4.69) is 4.99 Å². The fraction of sp³-hybridized carbons (Fsp3) is 0. The van der Waals surface area contributed by atoms with Crippen molar-refractivity contribution < 1.29 is 23.8 Å². The lowest BCUT2D eigenvalue weighted by Crippen LogP contribution is -2.21. The minimum Gasteiger partial charge on any atom is -0.545 e. The normalized spacial score (nSPS) is 15.4. The maximum atomic E-state index is 13.7. The summed E-state index contributed by atoms with van der Waals surface area (Å²) in [5.41, 5.74) is 0.679. The molecule has 0 bridgehead atoms. The fourth-order valence-corrected chi connectivity index (χ4v) is 2.03. The van der Waals surface area contributed by atoms with E-state index in [-0.39, 0.29) is 22.7 Å². The maximum Gasteiger partial charge on any atom is 0.363 e. The van der Waals surface area contributed by atoms with Gasteiger partial charge in [-0.05, 0) is 29.3 Å². The zero-order valence-electron chi connectivity index (χ0n) is 11.7. The van der Waals surface area contributed by atoms with Crippen molar-refractivity contribution in [2.75, 3.05) is 0 Å². The first-order valence-electron chi connectivity index (χ1n) is 6.63. The van der Waals surface area contributed by atoms with Crippen LogP contribution in [-0.4, -0.2) is 17.8 Å². The van der Waals surface area contributed by atoms with Crippen molar-refractivity contribution in [2.45, 2.75) is 0 Å².